The van der Waals surface area contributed by atoms with Crippen molar-refractivity contribution in [2.24, 2.45) is 5.92 Å². The molecule has 0 aliphatic carbocycles. The van der Waals surface area contributed by atoms with E-state index in [0.717, 1.165) is 5.76 Å². The number of amides is 1. The summed E-state index contributed by atoms with van der Waals surface area (Å²) in [5.74, 6) is 1.55. The second-order valence-electron chi connectivity index (χ2n) is 5.45. The van der Waals surface area contributed by atoms with Crippen LogP contribution in [0.15, 0.2) is 47.1 Å². The SMILES string of the molecule is CC(C)COc1cccc(C(=O)NC(=S)NCc2ccco2)c1. The molecular weight excluding hydrogens is 312 g/mol. The highest BCUT2D eigenvalue weighted by Crippen LogP contribution is 2.14. The summed E-state index contributed by atoms with van der Waals surface area (Å²) in [6.45, 7) is 5.16. The minimum absolute atomic E-state index is 0.250. The van der Waals surface area contributed by atoms with Crippen molar-refractivity contribution in [1.29, 1.82) is 0 Å². The Morgan fingerprint density at radius 2 is 2.13 bits per heavy atom. The first-order valence-electron chi connectivity index (χ1n) is 7.39. The van der Waals surface area contributed by atoms with Crippen LogP contribution in [0.4, 0.5) is 0 Å². The smallest absolute Gasteiger partial charge is 0.257 e. The first-order valence-corrected chi connectivity index (χ1v) is 7.80. The number of carbonyl (C=O) groups excluding carboxylic acids is 1. The number of benzene rings is 1. The minimum atomic E-state index is -0.281. The normalized spacial score (nSPS) is 10.4. The molecule has 122 valence electrons. The van der Waals surface area contributed by atoms with E-state index in [-0.39, 0.29) is 11.0 Å². The summed E-state index contributed by atoms with van der Waals surface area (Å²) in [5.41, 5.74) is 0.494. The number of ether oxygens (including phenoxy) is 1. The lowest BCUT2D eigenvalue weighted by atomic mass is 10.2. The van der Waals surface area contributed by atoms with Crippen molar-refractivity contribution in [3.8, 4) is 5.75 Å². The molecule has 2 N–H and O–H groups in total. The summed E-state index contributed by atoms with van der Waals surface area (Å²) >= 11 is 5.11. The Bertz CT molecular complexity index is 654. The van der Waals surface area contributed by atoms with Gasteiger partial charge in [0, 0.05) is 5.56 Å². The van der Waals surface area contributed by atoms with Crippen molar-refractivity contribution in [3.05, 3.63) is 54.0 Å². The maximum Gasteiger partial charge on any atom is 0.257 e. The molecule has 2 aromatic rings. The molecule has 2 rings (SSSR count). The summed E-state index contributed by atoms with van der Waals surface area (Å²) in [6, 6.07) is 10.6. The van der Waals surface area contributed by atoms with Gasteiger partial charge in [0.1, 0.15) is 11.5 Å². The summed E-state index contributed by atoms with van der Waals surface area (Å²) in [5, 5.41) is 5.80. The summed E-state index contributed by atoms with van der Waals surface area (Å²) in [7, 11) is 0. The Morgan fingerprint density at radius 1 is 1.30 bits per heavy atom. The zero-order valence-corrected chi connectivity index (χ0v) is 14.0. The van der Waals surface area contributed by atoms with E-state index in [4.69, 9.17) is 21.4 Å². The highest BCUT2D eigenvalue weighted by molar-refractivity contribution is 7.80. The molecule has 23 heavy (non-hydrogen) atoms. The average molecular weight is 332 g/mol. The van der Waals surface area contributed by atoms with E-state index in [9.17, 15) is 4.79 Å². The first-order chi connectivity index (χ1) is 11.0. The molecule has 1 heterocycles. The molecule has 1 aromatic heterocycles. The second kappa shape index (κ2) is 8.33. The van der Waals surface area contributed by atoms with Gasteiger partial charge < -0.3 is 14.5 Å². The highest BCUT2D eigenvalue weighted by Gasteiger charge is 2.09. The van der Waals surface area contributed by atoms with E-state index < -0.39 is 0 Å². The van der Waals surface area contributed by atoms with Crippen LogP contribution in [0.5, 0.6) is 5.75 Å². The Kier molecular flexibility index (Phi) is 6.17. The van der Waals surface area contributed by atoms with Crippen molar-refractivity contribution in [2.75, 3.05) is 6.61 Å². The van der Waals surface area contributed by atoms with Gasteiger partial charge in [-0.1, -0.05) is 19.9 Å². The summed E-state index contributed by atoms with van der Waals surface area (Å²) < 4.78 is 10.8. The Labute approximate surface area is 141 Å². The Morgan fingerprint density at radius 3 is 2.83 bits per heavy atom. The fraction of sp³-hybridized carbons (Fsp3) is 0.294. The number of hydrogen-bond acceptors (Lipinski definition) is 4. The monoisotopic (exact) mass is 332 g/mol. The average Bonchev–Trinajstić information content (AvgIpc) is 3.04. The second-order valence-corrected chi connectivity index (χ2v) is 5.86. The van der Waals surface area contributed by atoms with Crippen LogP contribution in [0.2, 0.25) is 0 Å². The van der Waals surface area contributed by atoms with Gasteiger partial charge in [0.15, 0.2) is 5.11 Å². The first kappa shape index (κ1) is 17.0. The number of rotatable bonds is 6. The fourth-order valence-electron chi connectivity index (χ4n) is 1.79. The van der Waals surface area contributed by atoms with Gasteiger partial charge in [-0.25, -0.2) is 0 Å². The van der Waals surface area contributed by atoms with Crippen LogP contribution in [0, 0.1) is 5.92 Å². The molecule has 0 radical (unpaired) electrons. The molecule has 0 atom stereocenters. The fourth-order valence-corrected chi connectivity index (χ4v) is 1.95. The molecule has 0 unspecified atom stereocenters. The van der Waals surface area contributed by atoms with Crippen molar-refractivity contribution in [1.82, 2.24) is 10.6 Å². The van der Waals surface area contributed by atoms with Crippen LogP contribution >= 0.6 is 12.2 Å². The third-order valence-electron chi connectivity index (χ3n) is 2.91. The molecule has 0 saturated heterocycles. The van der Waals surface area contributed by atoms with E-state index in [2.05, 4.69) is 24.5 Å². The maximum absolute atomic E-state index is 12.2. The molecular formula is C17H20N2O3S. The van der Waals surface area contributed by atoms with Gasteiger partial charge in [-0.05, 0) is 48.5 Å². The van der Waals surface area contributed by atoms with Crippen LogP contribution in [-0.4, -0.2) is 17.6 Å². The van der Waals surface area contributed by atoms with E-state index in [1.165, 1.54) is 0 Å². The molecule has 0 aliphatic heterocycles. The molecule has 1 amide bonds. The van der Waals surface area contributed by atoms with Crippen LogP contribution in [0.1, 0.15) is 30.0 Å². The topological polar surface area (TPSA) is 63.5 Å². The third kappa shape index (κ3) is 5.75. The number of hydrogen-bond donors (Lipinski definition) is 2. The largest absolute Gasteiger partial charge is 0.493 e. The lowest BCUT2D eigenvalue weighted by Crippen LogP contribution is -2.38. The van der Waals surface area contributed by atoms with Gasteiger partial charge in [0.05, 0.1) is 19.4 Å². The number of furan rings is 1. The molecule has 0 aliphatic rings. The lowest BCUT2D eigenvalue weighted by molar-refractivity contribution is 0.0976. The van der Waals surface area contributed by atoms with Crippen LogP contribution in [-0.2, 0) is 6.54 Å². The van der Waals surface area contributed by atoms with E-state index in [1.54, 1.807) is 30.5 Å². The highest BCUT2D eigenvalue weighted by atomic mass is 32.1. The zero-order chi connectivity index (χ0) is 16.7. The number of carbonyl (C=O) groups is 1. The van der Waals surface area contributed by atoms with Crippen molar-refractivity contribution in [3.63, 3.8) is 0 Å². The van der Waals surface area contributed by atoms with Gasteiger partial charge in [-0.2, -0.15) is 0 Å². The van der Waals surface area contributed by atoms with E-state index in [1.807, 2.05) is 12.1 Å². The van der Waals surface area contributed by atoms with Gasteiger partial charge in [-0.15, -0.1) is 0 Å². The molecule has 0 fully saturated rings. The molecule has 5 nitrogen and oxygen atoms in total. The predicted molar refractivity (Wildman–Crippen MR) is 92.4 cm³/mol. The zero-order valence-electron chi connectivity index (χ0n) is 13.2. The van der Waals surface area contributed by atoms with E-state index in [0.29, 0.717) is 30.4 Å². The van der Waals surface area contributed by atoms with Crippen LogP contribution < -0.4 is 15.4 Å². The molecule has 1 aromatic carbocycles. The van der Waals surface area contributed by atoms with Crippen molar-refractivity contribution >= 4 is 23.2 Å². The quantitative estimate of drug-likeness (QED) is 0.796. The standard InChI is InChI=1S/C17H20N2O3S/c1-12(2)11-22-14-6-3-5-13(9-14)16(20)19-17(23)18-10-15-7-4-8-21-15/h3-9,12H,10-11H2,1-2H3,(H2,18,19,20,23). The van der Waals surface area contributed by atoms with Gasteiger partial charge >= 0.3 is 0 Å². The van der Waals surface area contributed by atoms with Crippen LogP contribution in [0.3, 0.4) is 0 Å². The molecule has 0 saturated carbocycles. The van der Waals surface area contributed by atoms with Crippen molar-refractivity contribution in [2.45, 2.75) is 20.4 Å². The Hall–Kier alpha value is -2.34. The minimum Gasteiger partial charge on any atom is -0.493 e. The molecule has 0 spiro atoms. The van der Waals surface area contributed by atoms with E-state index >= 15 is 0 Å². The summed E-state index contributed by atoms with van der Waals surface area (Å²) in [4.78, 5) is 12.2. The number of thiocarbonyl (C=S) groups is 1. The lowest BCUT2D eigenvalue weighted by Gasteiger charge is -2.11. The maximum atomic E-state index is 12.2. The van der Waals surface area contributed by atoms with Gasteiger partial charge in [-0.3, -0.25) is 10.1 Å². The number of nitrogens with one attached hydrogen (secondary N) is 2. The molecule has 6 heteroatoms. The summed E-state index contributed by atoms with van der Waals surface area (Å²) in [6.07, 6.45) is 1.58. The molecule has 0 bridgehead atoms. The van der Waals surface area contributed by atoms with Gasteiger partial charge in [0.25, 0.3) is 5.91 Å². The third-order valence-corrected chi connectivity index (χ3v) is 3.16. The predicted octanol–water partition coefficient (Wildman–Crippen LogP) is 3.12. The van der Waals surface area contributed by atoms with Crippen LogP contribution in [0.25, 0.3) is 0 Å². The van der Waals surface area contributed by atoms with Gasteiger partial charge in [0.2, 0.25) is 0 Å². The van der Waals surface area contributed by atoms with Crippen molar-refractivity contribution < 1.29 is 13.9 Å². The Balaban J connectivity index is 1.87.